The third kappa shape index (κ3) is 0.652. The van der Waals surface area contributed by atoms with Crippen molar-refractivity contribution in [2.24, 2.45) is 0 Å². The summed E-state index contributed by atoms with van der Waals surface area (Å²) in [5.41, 5.74) is 3.78. The lowest BCUT2D eigenvalue weighted by atomic mass is 10.2. The topological polar surface area (TPSA) is 24.1 Å². The van der Waals surface area contributed by atoms with E-state index in [1.54, 1.807) is 0 Å². The summed E-state index contributed by atoms with van der Waals surface area (Å²) < 4.78 is 0. The Morgan fingerprint density at radius 2 is 2.20 bits per heavy atom. The molecule has 0 fully saturated rings. The summed E-state index contributed by atoms with van der Waals surface area (Å²) in [7, 11) is 0. The number of para-hydroxylation sites is 1. The van der Waals surface area contributed by atoms with Gasteiger partial charge in [-0.25, -0.2) is 0 Å². The second-order valence-corrected chi connectivity index (χ2v) is 2.53. The molecule has 0 bridgehead atoms. The average molecular weight is 134 g/mol. The molecule has 10 heavy (non-hydrogen) atoms. The fourth-order valence-electron chi connectivity index (χ4n) is 1.28. The normalized spacial score (nSPS) is 13.7. The number of hydrogen-bond donors (Lipinski definition) is 2. The first-order valence-corrected chi connectivity index (χ1v) is 3.45. The van der Waals surface area contributed by atoms with Crippen LogP contribution in [0.2, 0.25) is 0 Å². The summed E-state index contributed by atoms with van der Waals surface area (Å²) in [5.74, 6) is 0. The first-order chi connectivity index (χ1) is 4.88. The smallest absolute Gasteiger partial charge is 0.0850 e. The Kier molecular flexibility index (Phi) is 1.07. The number of hydrogen-bond acceptors (Lipinski definition) is 2. The van der Waals surface area contributed by atoms with E-state index < -0.39 is 0 Å². The molecule has 1 aliphatic rings. The van der Waals surface area contributed by atoms with E-state index in [-0.39, 0.29) is 0 Å². The fourth-order valence-corrected chi connectivity index (χ4v) is 1.28. The molecule has 0 radical (unpaired) electrons. The largest absolute Gasteiger partial charge is 0.366 e. The van der Waals surface area contributed by atoms with Crippen LogP contribution >= 0.6 is 0 Å². The van der Waals surface area contributed by atoms with E-state index in [4.69, 9.17) is 0 Å². The Labute approximate surface area is 60.3 Å². The summed E-state index contributed by atoms with van der Waals surface area (Å²) in [6.07, 6.45) is 0. The molecule has 1 aromatic rings. The second-order valence-electron chi connectivity index (χ2n) is 2.53. The van der Waals surface area contributed by atoms with Gasteiger partial charge in [0, 0.05) is 0 Å². The van der Waals surface area contributed by atoms with Crippen molar-refractivity contribution in [3.8, 4) is 0 Å². The monoisotopic (exact) mass is 134 g/mol. The number of rotatable bonds is 0. The molecular formula is C8H10N2. The second kappa shape index (κ2) is 1.90. The molecule has 2 nitrogen and oxygen atoms in total. The van der Waals surface area contributed by atoms with Crippen LogP contribution < -0.4 is 10.6 Å². The molecular weight excluding hydrogens is 124 g/mol. The molecule has 1 aliphatic heterocycles. The number of anilines is 2. The van der Waals surface area contributed by atoms with Gasteiger partial charge in [-0.1, -0.05) is 12.1 Å². The highest BCUT2D eigenvalue weighted by molar-refractivity contribution is 5.76. The molecule has 1 aromatic carbocycles. The van der Waals surface area contributed by atoms with Gasteiger partial charge in [-0.15, -0.1) is 0 Å². The number of fused-ring (bicyclic) bond motifs is 1. The van der Waals surface area contributed by atoms with Crippen LogP contribution in [-0.4, -0.2) is 6.67 Å². The Balaban J connectivity index is 2.59. The SMILES string of the molecule is Cc1cccc2c1NCN2. The van der Waals surface area contributed by atoms with Crippen LogP contribution in [0.5, 0.6) is 0 Å². The van der Waals surface area contributed by atoms with Crippen LogP contribution in [0.15, 0.2) is 18.2 Å². The summed E-state index contributed by atoms with van der Waals surface area (Å²) in [6.45, 7) is 2.97. The Morgan fingerprint density at radius 1 is 1.30 bits per heavy atom. The van der Waals surface area contributed by atoms with Crippen LogP contribution in [-0.2, 0) is 0 Å². The van der Waals surface area contributed by atoms with Gasteiger partial charge >= 0.3 is 0 Å². The molecule has 0 spiro atoms. The van der Waals surface area contributed by atoms with Gasteiger partial charge in [0.1, 0.15) is 0 Å². The van der Waals surface area contributed by atoms with Crippen LogP contribution in [0, 0.1) is 6.92 Å². The maximum absolute atomic E-state index is 3.26. The molecule has 1 heterocycles. The molecule has 52 valence electrons. The van der Waals surface area contributed by atoms with Crippen LogP contribution in [0.4, 0.5) is 11.4 Å². The summed E-state index contributed by atoms with van der Waals surface area (Å²) in [4.78, 5) is 0. The third-order valence-electron chi connectivity index (χ3n) is 1.82. The molecule has 0 unspecified atom stereocenters. The zero-order chi connectivity index (χ0) is 6.97. The van der Waals surface area contributed by atoms with Crippen molar-refractivity contribution >= 4 is 11.4 Å². The molecule has 0 saturated carbocycles. The highest BCUT2D eigenvalue weighted by Gasteiger charge is 2.08. The first-order valence-electron chi connectivity index (χ1n) is 3.45. The summed E-state index contributed by atoms with van der Waals surface area (Å²) >= 11 is 0. The van der Waals surface area contributed by atoms with Gasteiger partial charge in [0.05, 0.1) is 18.0 Å². The quantitative estimate of drug-likeness (QED) is 0.565. The molecule has 0 amide bonds. The molecule has 0 saturated heterocycles. The highest BCUT2D eigenvalue weighted by atomic mass is 15.1. The zero-order valence-corrected chi connectivity index (χ0v) is 5.94. The van der Waals surface area contributed by atoms with Gasteiger partial charge in [-0.2, -0.15) is 0 Å². The van der Waals surface area contributed by atoms with Gasteiger partial charge < -0.3 is 10.6 Å². The minimum atomic E-state index is 0.861. The van der Waals surface area contributed by atoms with Crippen molar-refractivity contribution < 1.29 is 0 Å². The molecule has 2 rings (SSSR count). The van der Waals surface area contributed by atoms with E-state index >= 15 is 0 Å². The van der Waals surface area contributed by atoms with Crippen molar-refractivity contribution in [2.75, 3.05) is 17.3 Å². The minimum Gasteiger partial charge on any atom is -0.366 e. The Morgan fingerprint density at radius 3 is 3.00 bits per heavy atom. The maximum Gasteiger partial charge on any atom is 0.0850 e. The molecule has 2 N–H and O–H groups in total. The van der Waals surface area contributed by atoms with Gasteiger partial charge in [-0.3, -0.25) is 0 Å². The lowest BCUT2D eigenvalue weighted by Crippen LogP contribution is -1.99. The van der Waals surface area contributed by atoms with Gasteiger partial charge in [0.25, 0.3) is 0 Å². The molecule has 0 aliphatic carbocycles. The standard InChI is InChI=1S/C8H10N2/c1-6-3-2-4-7-8(6)10-5-9-7/h2-4,9-10H,5H2,1H3. The lowest BCUT2D eigenvalue weighted by molar-refractivity contribution is 1.30. The average Bonchev–Trinajstić information content (AvgIpc) is 2.36. The summed E-state index contributed by atoms with van der Waals surface area (Å²) in [5, 5.41) is 6.49. The van der Waals surface area contributed by atoms with Crippen LogP contribution in [0.1, 0.15) is 5.56 Å². The predicted molar refractivity (Wildman–Crippen MR) is 43.3 cm³/mol. The van der Waals surface area contributed by atoms with Crippen molar-refractivity contribution in [3.05, 3.63) is 23.8 Å². The van der Waals surface area contributed by atoms with E-state index in [0.717, 1.165) is 6.67 Å². The van der Waals surface area contributed by atoms with Gasteiger partial charge in [0.15, 0.2) is 0 Å². The summed E-state index contributed by atoms with van der Waals surface area (Å²) in [6, 6.07) is 6.26. The van der Waals surface area contributed by atoms with Crippen molar-refractivity contribution in [2.45, 2.75) is 6.92 Å². The van der Waals surface area contributed by atoms with Crippen LogP contribution in [0.3, 0.4) is 0 Å². The minimum absolute atomic E-state index is 0.861. The van der Waals surface area contributed by atoms with Crippen LogP contribution in [0.25, 0.3) is 0 Å². The first kappa shape index (κ1) is 5.59. The van der Waals surface area contributed by atoms with Crippen molar-refractivity contribution in [1.82, 2.24) is 0 Å². The number of benzene rings is 1. The van der Waals surface area contributed by atoms with E-state index in [1.807, 2.05) is 0 Å². The number of nitrogens with one attached hydrogen (secondary N) is 2. The number of aryl methyl sites for hydroxylation is 1. The maximum atomic E-state index is 3.26. The van der Waals surface area contributed by atoms with Crippen molar-refractivity contribution in [1.29, 1.82) is 0 Å². The highest BCUT2D eigenvalue weighted by Crippen LogP contribution is 2.28. The molecule has 0 atom stereocenters. The molecule has 2 heteroatoms. The molecule has 0 aromatic heterocycles. The fraction of sp³-hybridized carbons (Fsp3) is 0.250. The van der Waals surface area contributed by atoms with Gasteiger partial charge in [0.2, 0.25) is 0 Å². The third-order valence-corrected chi connectivity index (χ3v) is 1.82. The van der Waals surface area contributed by atoms with Crippen molar-refractivity contribution in [3.63, 3.8) is 0 Å². The van der Waals surface area contributed by atoms with Gasteiger partial charge in [-0.05, 0) is 18.6 Å². The Hall–Kier alpha value is -1.18. The zero-order valence-electron chi connectivity index (χ0n) is 5.94. The van der Waals surface area contributed by atoms with E-state index in [9.17, 15) is 0 Å². The lowest BCUT2D eigenvalue weighted by Gasteiger charge is -2.00. The van der Waals surface area contributed by atoms with E-state index in [0.29, 0.717) is 0 Å². The van der Waals surface area contributed by atoms with E-state index in [2.05, 4.69) is 35.8 Å². The van der Waals surface area contributed by atoms with E-state index in [1.165, 1.54) is 16.9 Å². The Bertz CT molecular complexity index is 255. The predicted octanol–water partition coefficient (Wildman–Crippen LogP) is 1.79.